The highest BCUT2D eigenvalue weighted by atomic mass is 32.2. The monoisotopic (exact) mass is 340 g/mol. The Hall–Kier alpha value is -2.60. The van der Waals surface area contributed by atoms with E-state index in [2.05, 4.69) is 4.98 Å². The highest BCUT2D eigenvalue weighted by Gasteiger charge is 2.14. The second-order valence-corrected chi connectivity index (χ2v) is 6.13. The number of benzene rings is 2. The van der Waals surface area contributed by atoms with Gasteiger partial charge in [-0.05, 0) is 24.3 Å². The second-order valence-electron chi connectivity index (χ2n) is 5.19. The van der Waals surface area contributed by atoms with E-state index in [9.17, 15) is 9.59 Å². The van der Waals surface area contributed by atoms with E-state index in [1.54, 1.807) is 37.4 Å². The van der Waals surface area contributed by atoms with Gasteiger partial charge >= 0.3 is 0 Å². The van der Waals surface area contributed by atoms with E-state index >= 15 is 0 Å². The van der Waals surface area contributed by atoms with Crippen LogP contribution in [-0.2, 0) is 7.05 Å². The van der Waals surface area contributed by atoms with Crippen LogP contribution in [0.2, 0.25) is 0 Å². The molecule has 3 aromatic rings. The van der Waals surface area contributed by atoms with E-state index in [0.29, 0.717) is 27.4 Å². The van der Waals surface area contributed by atoms with Crippen molar-refractivity contribution in [3.63, 3.8) is 0 Å². The van der Waals surface area contributed by atoms with Gasteiger partial charge in [-0.15, -0.1) is 0 Å². The summed E-state index contributed by atoms with van der Waals surface area (Å²) >= 11 is 1.24. The zero-order valence-electron chi connectivity index (χ0n) is 13.4. The van der Waals surface area contributed by atoms with Crippen LogP contribution in [-0.4, -0.2) is 28.2 Å². The SMILES string of the molecule is COc1ccccc1C(=O)CSc1nc2ccccc2c(=O)n1C. The topological polar surface area (TPSA) is 61.2 Å². The van der Waals surface area contributed by atoms with Crippen molar-refractivity contribution in [2.45, 2.75) is 5.16 Å². The minimum absolute atomic E-state index is 0.0696. The Labute approximate surface area is 143 Å². The molecule has 0 aliphatic carbocycles. The van der Waals surface area contributed by atoms with E-state index in [1.807, 2.05) is 18.2 Å². The Morgan fingerprint density at radius 1 is 1.17 bits per heavy atom. The van der Waals surface area contributed by atoms with Crippen molar-refractivity contribution in [1.29, 1.82) is 0 Å². The molecule has 6 heteroatoms. The second kappa shape index (κ2) is 6.88. The maximum Gasteiger partial charge on any atom is 0.261 e. The average Bonchev–Trinajstić information content (AvgIpc) is 2.63. The van der Waals surface area contributed by atoms with Gasteiger partial charge in [0, 0.05) is 7.05 Å². The first-order valence-electron chi connectivity index (χ1n) is 7.36. The number of para-hydroxylation sites is 2. The van der Waals surface area contributed by atoms with Crippen LogP contribution < -0.4 is 10.3 Å². The van der Waals surface area contributed by atoms with Crippen molar-refractivity contribution in [3.8, 4) is 5.75 Å². The number of Topliss-reactive ketones (excluding diaryl/α,β-unsaturated/α-hetero) is 1. The summed E-state index contributed by atoms with van der Waals surface area (Å²) in [6.07, 6.45) is 0. The third-order valence-electron chi connectivity index (χ3n) is 3.68. The molecule has 0 amide bonds. The van der Waals surface area contributed by atoms with Crippen LogP contribution in [0, 0.1) is 0 Å². The molecule has 0 radical (unpaired) electrons. The number of hydrogen-bond donors (Lipinski definition) is 0. The highest BCUT2D eigenvalue weighted by Crippen LogP contribution is 2.22. The molecular weight excluding hydrogens is 324 g/mol. The number of methoxy groups -OCH3 is 1. The van der Waals surface area contributed by atoms with Crippen LogP contribution in [0.1, 0.15) is 10.4 Å². The van der Waals surface area contributed by atoms with Crippen LogP contribution in [0.3, 0.4) is 0 Å². The first-order valence-corrected chi connectivity index (χ1v) is 8.35. The lowest BCUT2D eigenvalue weighted by atomic mass is 10.1. The van der Waals surface area contributed by atoms with Gasteiger partial charge in [-0.3, -0.25) is 14.2 Å². The molecule has 0 unspecified atom stereocenters. The lowest BCUT2D eigenvalue weighted by Gasteiger charge is -2.09. The van der Waals surface area contributed by atoms with E-state index in [-0.39, 0.29) is 17.1 Å². The molecule has 0 spiro atoms. The van der Waals surface area contributed by atoms with Gasteiger partial charge in [0.2, 0.25) is 0 Å². The van der Waals surface area contributed by atoms with Crippen molar-refractivity contribution in [2.75, 3.05) is 12.9 Å². The molecule has 0 atom stereocenters. The Balaban J connectivity index is 1.87. The summed E-state index contributed by atoms with van der Waals surface area (Å²) in [6.45, 7) is 0. The van der Waals surface area contributed by atoms with E-state index in [1.165, 1.54) is 23.4 Å². The Morgan fingerprint density at radius 2 is 1.88 bits per heavy atom. The van der Waals surface area contributed by atoms with Gasteiger partial charge in [0.1, 0.15) is 5.75 Å². The molecule has 0 aliphatic heterocycles. The summed E-state index contributed by atoms with van der Waals surface area (Å²) in [6, 6.07) is 14.3. The average molecular weight is 340 g/mol. The molecule has 0 aliphatic rings. The molecule has 2 aromatic carbocycles. The first kappa shape index (κ1) is 16.3. The Kier molecular flexibility index (Phi) is 4.66. The van der Waals surface area contributed by atoms with Gasteiger partial charge < -0.3 is 4.74 Å². The van der Waals surface area contributed by atoms with Crippen LogP contribution in [0.5, 0.6) is 5.75 Å². The standard InChI is InChI=1S/C18H16N2O3S/c1-20-17(22)12-7-3-5-9-14(12)19-18(20)24-11-15(21)13-8-4-6-10-16(13)23-2/h3-10H,11H2,1-2H3. The summed E-state index contributed by atoms with van der Waals surface area (Å²) in [4.78, 5) is 29.3. The highest BCUT2D eigenvalue weighted by molar-refractivity contribution is 7.99. The third-order valence-corrected chi connectivity index (χ3v) is 4.71. The maximum absolute atomic E-state index is 12.4. The minimum atomic E-state index is -0.118. The number of carbonyl (C=O) groups is 1. The lowest BCUT2D eigenvalue weighted by molar-refractivity contribution is 0.101. The number of carbonyl (C=O) groups excluding carboxylic acids is 1. The predicted octanol–water partition coefficient (Wildman–Crippen LogP) is 2.92. The normalized spacial score (nSPS) is 10.8. The molecule has 0 N–H and O–H groups in total. The molecule has 0 fully saturated rings. The smallest absolute Gasteiger partial charge is 0.261 e. The number of rotatable bonds is 5. The van der Waals surface area contributed by atoms with Crippen molar-refractivity contribution < 1.29 is 9.53 Å². The molecule has 0 saturated carbocycles. The Morgan fingerprint density at radius 3 is 2.67 bits per heavy atom. The molecule has 5 nitrogen and oxygen atoms in total. The number of ether oxygens (including phenoxy) is 1. The minimum Gasteiger partial charge on any atom is -0.496 e. The van der Waals surface area contributed by atoms with Gasteiger partial charge in [-0.2, -0.15) is 0 Å². The van der Waals surface area contributed by atoms with Crippen LogP contribution in [0.4, 0.5) is 0 Å². The molecule has 0 bridgehead atoms. The number of thioether (sulfide) groups is 1. The zero-order chi connectivity index (χ0) is 17.1. The van der Waals surface area contributed by atoms with Crippen molar-refractivity contribution in [1.82, 2.24) is 9.55 Å². The van der Waals surface area contributed by atoms with Crippen LogP contribution in [0.25, 0.3) is 10.9 Å². The van der Waals surface area contributed by atoms with Gasteiger partial charge in [-0.25, -0.2) is 4.98 Å². The maximum atomic E-state index is 12.4. The van der Waals surface area contributed by atoms with Gasteiger partial charge in [0.25, 0.3) is 5.56 Å². The molecule has 3 rings (SSSR count). The summed E-state index contributed by atoms with van der Waals surface area (Å²) in [5.41, 5.74) is 1.04. The zero-order valence-corrected chi connectivity index (χ0v) is 14.2. The fourth-order valence-corrected chi connectivity index (χ4v) is 3.26. The summed E-state index contributed by atoms with van der Waals surface area (Å²) in [7, 11) is 3.20. The third kappa shape index (κ3) is 3.05. The fraction of sp³-hybridized carbons (Fsp3) is 0.167. The Bertz CT molecular complexity index is 966. The van der Waals surface area contributed by atoms with Crippen LogP contribution >= 0.6 is 11.8 Å². The quantitative estimate of drug-likeness (QED) is 0.406. The van der Waals surface area contributed by atoms with Gasteiger partial charge in [0.15, 0.2) is 10.9 Å². The first-order chi connectivity index (χ1) is 11.6. The molecule has 1 heterocycles. The lowest BCUT2D eigenvalue weighted by Crippen LogP contribution is -2.20. The van der Waals surface area contributed by atoms with E-state index < -0.39 is 0 Å². The number of fused-ring (bicyclic) bond motifs is 1. The summed E-state index contributed by atoms with van der Waals surface area (Å²) in [5, 5.41) is 1.09. The number of nitrogens with zero attached hydrogens (tertiary/aromatic N) is 2. The van der Waals surface area contributed by atoms with Gasteiger partial charge in [0.05, 0.1) is 29.3 Å². The fourth-order valence-electron chi connectivity index (χ4n) is 2.41. The van der Waals surface area contributed by atoms with E-state index in [0.717, 1.165) is 0 Å². The van der Waals surface area contributed by atoms with Gasteiger partial charge in [-0.1, -0.05) is 36.0 Å². The largest absolute Gasteiger partial charge is 0.496 e. The van der Waals surface area contributed by atoms with Crippen molar-refractivity contribution in [2.24, 2.45) is 7.05 Å². The number of aromatic nitrogens is 2. The molecule has 122 valence electrons. The number of hydrogen-bond acceptors (Lipinski definition) is 5. The van der Waals surface area contributed by atoms with Crippen molar-refractivity contribution >= 4 is 28.4 Å². The predicted molar refractivity (Wildman–Crippen MR) is 95.0 cm³/mol. The summed E-state index contributed by atoms with van der Waals surface area (Å²) in [5.74, 6) is 0.655. The van der Waals surface area contributed by atoms with Crippen LogP contribution in [0.15, 0.2) is 58.5 Å². The van der Waals surface area contributed by atoms with Crippen molar-refractivity contribution in [3.05, 3.63) is 64.4 Å². The molecular formula is C18H16N2O3S. The van der Waals surface area contributed by atoms with E-state index in [4.69, 9.17) is 4.74 Å². The molecule has 1 aromatic heterocycles. The summed E-state index contributed by atoms with van der Waals surface area (Å²) < 4.78 is 6.69. The molecule has 0 saturated heterocycles. The molecule has 24 heavy (non-hydrogen) atoms. The number of ketones is 1.